The van der Waals surface area contributed by atoms with Crippen molar-refractivity contribution >= 4 is 23.3 Å². The van der Waals surface area contributed by atoms with Crippen LogP contribution in [0.5, 0.6) is 5.75 Å². The van der Waals surface area contributed by atoms with E-state index in [4.69, 9.17) is 14.9 Å². The van der Waals surface area contributed by atoms with Crippen LogP contribution in [0.4, 0.5) is 5.82 Å². The molecule has 4 heterocycles. The molecule has 0 bridgehead atoms. The van der Waals surface area contributed by atoms with Gasteiger partial charge in [0.1, 0.15) is 23.5 Å². The van der Waals surface area contributed by atoms with Gasteiger partial charge in [0.25, 0.3) is 0 Å². The maximum absolute atomic E-state index is 7.59. The van der Waals surface area contributed by atoms with Crippen LogP contribution in [0.1, 0.15) is 24.0 Å². The van der Waals surface area contributed by atoms with Gasteiger partial charge in [0.15, 0.2) is 0 Å². The van der Waals surface area contributed by atoms with Crippen LogP contribution >= 0.6 is 0 Å². The smallest absolute Gasteiger partial charge is 0.140 e. The minimum atomic E-state index is 0.569. The summed E-state index contributed by atoms with van der Waals surface area (Å²) in [6.45, 7) is 5.34. The van der Waals surface area contributed by atoms with E-state index in [1.807, 2.05) is 72.5 Å². The van der Waals surface area contributed by atoms with Gasteiger partial charge in [-0.25, -0.2) is 15.0 Å². The predicted octanol–water partition coefficient (Wildman–Crippen LogP) is 4.35. The van der Waals surface area contributed by atoms with Crippen molar-refractivity contribution in [1.29, 1.82) is 5.41 Å². The van der Waals surface area contributed by atoms with E-state index in [9.17, 15) is 0 Å². The highest BCUT2D eigenvalue weighted by molar-refractivity contribution is 6.08. The second kappa shape index (κ2) is 13.9. The lowest BCUT2D eigenvalue weighted by Gasteiger charge is -2.31. The molecule has 10 heteroatoms. The first-order chi connectivity index (χ1) is 20.2. The Balaban J connectivity index is 1.18. The molecule has 0 atom stereocenters. The van der Waals surface area contributed by atoms with E-state index in [1.54, 1.807) is 13.4 Å². The molecule has 0 aliphatic carbocycles. The lowest BCUT2D eigenvalue weighted by Crippen LogP contribution is -2.37. The van der Waals surface area contributed by atoms with Gasteiger partial charge in [0.05, 0.1) is 30.8 Å². The summed E-state index contributed by atoms with van der Waals surface area (Å²) in [5, 5.41) is 14.0. The fraction of sp³-hybridized carbons (Fsp3) is 0.355. The van der Waals surface area contributed by atoms with Gasteiger partial charge in [-0.15, -0.1) is 0 Å². The summed E-state index contributed by atoms with van der Waals surface area (Å²) in [4.78, 5) is 16.0. The number of piperidine rings is 1. The molecule has 41 heavy (non-hydrogen) atoms. The largest absolute Gasteiger partial charge is 0.493 e. The molecule has 0 radical (unpaired) electrons. The standard InChI is InChI=1S/C31H38N8O2/c1-33-19-26(17-32)25-5-3-23(4-6-25)18-34-30-16-28(36-22-37-30)29-20-35-31-15-27(9-12-39(29)31)41-21-24-7-10-38(11-8-24)13-14-40-2/h3-6,9,12,15-17,19-20,22,24,32-33H,7-8,10-11,13-14,18,21H2,1-2H3,(H,34,36,37)/b26-19+,32-17?. The number of rotatable bonds is 13. The Morgan fingerprint density at radius 1 is 1.10 bits per heavy atom. The fourth-order valence-corrected chi connectivity index (χ4v) is 5.02. The number of hydrogen-bond donors (Lipinski definition) is 3. The number of pyridine rings is 1. The van der Waals surface area contributed by atoms with Gasteiger partial charge in [0, 0.05) is 63.6 Å². The molecular weight excluding hydrogens is 516 g/mol. The Hall–Kier alpha value is -4.28. The van der Waals surface area contributed by atoms with Crippen LogP contribution in [-0.2, 0) is 11.3 Å². The van der Waals surface area contributed by atoms with Crippen molar-refractivity contribution in [2.75, 3.05) is 52.3 Å². The predicted molar refractivity (Wildman–Crippen MR) is 162 cm³/mol. The van der Waals surface area contributed by atoms with Crippen molar-refractivity contribution in [2.45, 2.75) is 19.4 Å². The third-order valence-corrected chi connectivity index (χ3v) is 7.43. The molecular formula is C31H38N8O2. The molecule has 1 aromatic carbocycles. The molecule has 0 unspecified atom stereocenters. The number of nitrogens with one attached hydrogen (secondary N) is 3. The van der Waals surface area contributed by atoms with E-state index in [-0.39, 0.29) is 0 Å². The zero-order valence-electron chi connectivity index (χ0n) is 23.7. The average Bonchev–Trinajstić information content (AvgIpc) is 3.45. The molecule has 4 aromatic rings. The highest BCUT2D eigenvalue weighted by Crippen LogP contribution is 2.25. The molecule has 0 amide bonds. The first-order valence-electron chi connectivity index (χ1n) is 14.0. The number of hydrogen-bond acceptors (Lipinski definition) is 9. The lowest BCUT2D eigenvalue weighted by atomic mass is 9.98. The van der Waals surface area contributed by atoms with Gasteiger partial charge in [-0.3, -0.25) is 4.40 Å². The molecule has 3 aromatic heterocycles. The molecule has 3 N–H and O–H groups in total. The van der Waals surface area contributed by atoms with E-state index in [2.05, 4.69) is 30.5 Å². The number of ether oxygens (including phenoxy) is 2. The van der Waals surface area contributed by atoms with E-state index in [0.29, 0.717) is 12.5 Å². The zero-order valence-corrected chi connectivity index (χ0v) is 23.7. The average molecular weight is 555 g/mol. The molecule has 5 rings (SSSR count). The number of benzene rings is 1. The molecule has 1 saturated heterocycles. The van der Waals surface area contributed by atoms with Crippen LogP contribution < -0.4 is 15.4 Å². The zero-order chi connectivity index (χ0) is 28.4. The Labute approximate surface area is 241 Å². The summed E-state index contributed by atoms with van der Waals surface area (Å²) < 4.78 is 13.4. The van der Waals surface area contributed by atoms with Gasteiger partial charge in [-0.2, -0.15) is 0 Å². The Kier molecular flexibility index (Phi) is 9.56. The monoisotopic (exact) mass is 554 g/mol. The molecule has 10 nitrogen and oxygen atoms in total. The number of methoxy groups -OCH3 is 1. The van der Waals surface area contributed by atoms with Crippen molar-refractivity contribution in [2.24, 2.45) is 5.92 Å². The van der Waals surface area contributed by atoms with E-state index >= 15 is 0 Å². The van der Waals surface area contributed by atoms with Crippen molar-refractivity contribution < 1.29 is 9.47 Å². The number of anilines is 1. The van der Waals surface area contributed by atoms with Crippen LogP contribution in [-0.4, -0.2) is 77.5 Å². The summed E-state index contributed by atoms with van der Waals surface area (Å²) in [6.07, 6.45) is 10.8. The minimum Gasteiger partial charge on any atom is -0.493 e. The quantitative estimate of drug-likeness (QED) is 0.209. The molecule has 1 fully saturated rings. The van der Waals surface area contributed by atoms with Crippen LogP contribution in [0.25, 0.3) is 22.6 Å². The van der Waals surface area contributed by atoms with E-state index in [1.165, 1.54) is 6.21 Å². The van der Waals surface area contributed by atoms with Crippen molar-refractivity contribution in [3.63, 3.8) is 0 Å². The number of nitrogens with zero attached hydrogens (tertiary/aromatic N) is 5. The van der Waals surface area contributed by atoms with Crippen molar-refractivity contribution in [1.82, 2.24) is 29.6 Å². The van der Waals surface area contributed by atoms with Crippen LogP contribution in [0.15, 0.2) is 67.4 Å². The number of allylic oxidation sites excluding steroid dienone is 1. The maximum Gasteiger partial charge on any atom is 0.140 e. The summed E-state index contributed by atoms with van der Waals surface area (Å²) in [5.41, 5.74) is 5.42. The van der Waals surface area contributed by atoms with Crippen molar-refractivity contribution in [3.05, 3.63) is 78.5 Å². The Bertz CT molecular complexity index is 1460. The number of likely N-dealkylation sites (tertiary alicyclic amines) is 1. The molecule has 214 valence electrons. The van der Waals surface area contributed by atoms with Crippen LogP contribution in [0.3, 0.4) is 0 Å². The van der Waals surface area contributed by atoms with Gasteiger partial charge >= 0.3 is 0 Å². The highest BCUT2D eigenvalue weighted by atomic mass is 16.5. The van der Waals surface area contributed by atoms with Gasteiger partial charge in [-0.1, -0.05) is 24.3 Å². The normalized spacial score (nSPS) is 14.7. The third kappa shape index (κ3) is 7.27. The minimum absolute atomic E-state index is 0.569. The molecule has 1 aliphatic heterocycles. The second-order valence-electron chi connectivity index (χ2n) is 10.2. The van der Waals surface area contributed by atoms with E-state index in [0.717, 1.165) is 91.0 Å². The summed E-state index contributed by atoms with van der Waals surface area (Å²) in [6, 6.07) is 14.0. The van der Waals surface area contributed by atoms with Crippen LogP contribution in [0.2, 0.25) is 0 Å². The Morgan fingerprint density at radius 2 is 1.93 bits per heavy atom. The first kappa shape index (κ1) is 28.3. The van der Waals surface area contributed by atoms with Crippen LogP contribution in [0, 0.1) is 11.3 Å². The topological polar surface area (TPSA) is 113 Å². The second-order valence-corrected chi connectivity index (χ2v) is 10.2. The highest BCUT2D eigenvalue weighted by Gasteiger charge is 2.19. The Morgan fingerprint density at radius 3 is 2.68 bits per heavy atom. The summed E-state index contributed by atoms with van der Waals surface area (Å²) in [5.74, 6) is 2.14. The first-order valence-corrected chi connectivity index (χ1v) is 14.0. The molecule has 1 aliphatic rings. The maximum atomic E-state index is 7.59. The molecule has 0 saturated carbocycles. The number of aromatic nitrogens is 4. The third-order valence-electron chi connectivity index (χ3n) is 7.43. The number of imidazole rings is 1. The lowest BCUT2D eigenvalue weighted by molar-refractivity contribution is 0.105. The van der Waals surface area contributed by atoms with Crippen molar-refractivity contribution in [3.8, 4) is 17.1 Å². The fourth-order valence-electron chi connectivity index (χ4n) is 5.02. The number of fused-ring (bicyclic) bond motifs is 1. The van der Waals surface area contributed by atoms with E-state index < -0.39 is 0 Å². The SMILES string of the molecule is CN/C=C(\C=N)c1ccc(CNc2cc(-c3cnc4cc(OCC5CCN(CCOC)CC5)ccn34)ncn2)cc1. The summed E-state index contributed by atoms with van der Waals surface area (Å²) >= 11 is 0. The van der Waals surface area contributed by atoms with Gasteiger partial charge < -0.3 is 30.4 Å². The molecule has 0 spiro atoms. The van der Waals surface area contributed by atoms with Gasteiger partial charge in [-0.05, 0) is 49.0 Å². The summed E-state index contributed by atoms with van der Waals surface area (Å²) in [7, 11) is 3.58. The van der Waals surface area contributed by atoms with Gasteiger partial charge in [0.2, 0.25) is 0 Å².